The summed E-state index contributed by atoms with van der Waals surface area (Å²) < 4.78 is 33.3. The largest absolute Gasteiger partial charge is 0.497 e. The number of ether oxygens (including phenoxy) is 1. The monoisotopic (exact) mass is 520 g/mol. The van der Waals surface area contributed by atoms with E-state index in [9.17, 15) is 13.2 Å². The molecule has 0 saturated carbocycles. The lowest BCUT2D eigenvalue weighted by molar-refractivity contribution is -0.119. The van der Waals surface area contributed by atoms with Crippen molar-refractivity contribution in [1.82, 2.24) is 10.3 Å². The number of hydrogen-bond acceptors (Lipinski definition) is 6. The molecule has 0 bridgehead atoms. The third kappa shape index (κ3) is 6.96. The highest BCUT2D eigenvalue weighted by Crippen LogP contribution is 2.25. The van der Waals surface area contributed by atoms with Crippen LogP contribution < -0.4 is 14.5 Å². The van der Waals surface area contributed by atoms with Crippen LogP contribution >= 0.6 is 0 Å². The van der Waals surface area contributed by atoms with E-state index in [4.69, 9.17) is 4.74 Å². The minimum atomic E-state index is -4.01. The number of rotatable bonds is 9. The van der Waals surface area contributed by atoms with Crippen molar-refractivity contribution in [3.05, 3.63) is 90.0 Å². The first-order valence-electron chi connectivity index (χ1n) is 12.2. The number of hydrazone groups is 1. The molecule has 9 heteroatoms. The molecular formula is C28H32N4O4S. The number of likely N-dealkylation sites (tertiary alicyclic amines) is 1. The van der Waals surface area contributed by atoms with Gasteiger partial charge < -0.3 is 4.74 Å². The number of aryl methyl sites for hydroxylation is 1. The fourth-order valence-corrected chi connectivity index (χ4v) is 5.55. The van der Waals surface area contributed by atoms with E-state index in [0.29, 0.717) is 11.4 Å². The summed E-state index contributed by atoms with van der Waals surface area (Å²) in [6.45, 7) is 4.11. The molecule has 0 aliphatic carbocycles. The summed E-state index contributed by atoms with van der Waals surface area (Å²) in [6.07, 6.45) is 1.50. The van der Waals surface area contributed by atoms with Gasteiger partial charge in [0.25, 0.3) is 15.9 Å². The number of carbonyl (C=O) groups excluding carboxylic acids is 1. The van der Waals surface area contributed by atoms with Gasteiger partial charge in [0.1, 0.15) is 12.3 Å². The van der Waals surface area contributed by atoms with Crippen molar-refractivity contribution in [2.24, 2.45) is 5.10 Å². The maximum Gasteiger partial charge on any atom is 0.264 e. The van der Waals surface area contributed by atoms with Crippen LogP contribution in [-0.2, 0) is 21.4 Å². The number of carbonyl (C=O) groups is 1. The Morgan fingerprint density at radius 1 is 0.973 bits per heavy atom. The van der Waals surface area contributed by atoms with E-state index >= 15 is 0 Å². The predicted molar refractivity (Wildman–Crippen MR) is 145 cm³/mol. The average molecular weight is 521 g/mol. The number of nitrogens with one attached hydrogen (secondary N) is 1. The molecule has 4 rings (SSSR count). The Morgan fingerprint density at radius 2 is 1.62 bits per heavy atom. The molecule has 0 radical (unpaired) electrons. The SMILES string of the molecule is COc1ccc(S(=O)(=O)N(CC(=O)NN=C2CCN(Cc3ccccc3)CC2)c2ccc(C)cc2)cc1. The standard InChI is InChI=1S/C28H32N4O4S/c1-22-8-10-25(11-9-22)32(37(34,35)27-14-12-26(36-2)13-15-27)21-28(33)30-29-24-16-18-31(19-17-24)20-23-6-4-3-5-7-23/h3-15H,16-21H2,1-2H3,(H,30,33). The number of anilines is 1. The van der Waals surface area contributed by atoms with Gasteiger partial charge in [0.2, 0.25) is 0 Å². The Balaban J connectivity index is 1.42. The number of piperidine rings is 1. The summed E-state index contributed by atoms with van der Waals surface area (Å²) in [5, 5.41) is 4.32. The molecule has 1 N–H and O–H groups in total. The number of amides is 1. The average Bonchev–Trinajstić information content (AvgIpc) is 2.92. The van der Waals surface area contributed by atoms with Gasteiger partial charge in [0.05, 0.1) is 17.7 Å². The molecule has 1 aliphatic heterocycles. The number of hydrogen-bond donors (Lipinski definition) is 1. The molecule has 0 unspecified atom stereocenters. The number of benzene rings is 3. The van der Waals surface area contributed by atoms with Crippen LogP contribution in [0.1, 0.15) is 24.0 Å². The van der Waals surface area contributed by atoms with Gasteiger partial charge >= 0.3 is 0 Å². The highest BCUT2D eigenvalue weighted by molar-refractivity contribution is 7.92. The zero-order valence-electron chi connectivity index (χ0n) is 21.1. The molecule has 0 aromatic heterocycles. The molecular weight excluding hydrogens is 488 g/mol. The van der Waals surface area contributed by atoms with Gasteiger partial charge in [-0.1, -0.05) is 48.0 Å². The van der Waals surface area contributed by atoms with E-state index in [1.165, 1.54) is 24.8 Å². The first-order valence-corrected chi connectivity index (χ1v) is 13.6. The minimum Gasteiger partial charge on any atom is -0.497 e. The maximum atomic E-state index is 13.5. The Labute approximate surface area is 218 Å². The van der Waals surface area contributed by atoms with Crippen molar-refractivity contribution in [2.75, 3.05) is 31.0 Å². The maximum absolute atomic E-state index is 13.5. The molecule has 1 amide bonds. The van der Waals surface area contributed by atoms with Gasteiger partial charge in [-0.25, -0.2) is 13.8 Å². The topological polar surface area (TPSA) is 91.3 Å². The molecule has 1 fully saturated rings. The van der Waals surface area contributed by atoms with E-state index in [0.717, 1.165) is 48.1 Å². The van der Waals surface area contributed by atoms with Crippen LogP contribution in [0.4, 0.5) is 5.69 Å². The van der Waals surface area contributed by atoms with Crippen LogP contribution in [0.2, 0.25) is 0 Å². The fourth-order valence-electron chi connectivity index (χ4n) is 4.13. The molecule has 1 aliphatic rings. The van der Waals surface area contributed by atoms with E-state index in [-0.39, 0.29) is 4.90 Å². The summed E-state index contributed by atoms with van der Waals surface area (Å²) >= 11 is 0. The van der Waals surface area contributed by atoms with Crippen molar-refractivity contribution in [3.8, 4) is 5.75 Å². The Morgan fingerprint density at radius 3 is 2.24 bits per heavy atom. The van der Waals surface area contributed by atoms with E-state index < -0.39 is 22.5 Å². The van der Waals surface area contributed by atoms with Gasteiger partial charge in [-0.3, -0.25) is 14.0 Å². The second-order valence-corrected chi connectivity index (χ2v) is 10.9. The molecule has 3 aromatic rings. The van der Waals surface area contributed by atoms with Gasteiger partial charge in [-0.05, 0) is 48.9 Å². The Kier molecular flexibility index (Phi) is 8.58. The minimum absolute atomic E-state index is 0.0683. The summed E-state index contributed by atoms with van der Waals surface area (Å²) in [6, 6.07) is 23.4. The van der Waals surface area contributed by atoms with Crippen molar-refractivity contribution in [3.63, 3.8) is 0 Å². The Bertz CT molecular complexity index is 1310. The smallest absolute Gasteiger partial charge is 0.264 e. The molecule has 37 heavy (non-hydrogen) atoms. The molecule has 1 saturated heterocycles. The van der Waals surface area contributed by atoms with Crippen LogP contribution in [-0.4, -0.2) is 51.7 Å². The number of sulfonamides is 1. The van der Waals surface area contributed by atoms with Crippen molar-refractivity contribution >= 4 is 27.3 Å². The lowest BCUT2D eigenvalue weighted by atomic mass is 10.1. The van der Waals surface area contributed by atoms with Crippen LogP contribution in [0.5, 0.6) is 5.75 Å². The predicted octanol–water partition coefficient (Wildman–Crippen LogP) is 3.97. The second-order valence-electron chi connectivity index (χ2n) is 9.00. The molecule has 3 aromatic carbocycles. The third-order valence-electron chi connectivity index (χ3n) is 6.28. The highest BCUT2D eigenvalue weighted by Gasteiger charge is 2.27. The van der Waals surface area contributed by atoms with Crippen LogP contribution in [0.3, 0.4) is 0 Å². The summed E-state index contributed by atoms with van der Waals surface area (Å²) in [5.74, 6) is 0.0427. The van der Waals surface area contributed by atoms with Crippen molar-refractivity contribution in [2.45, 2.75) is 31.2 Å². The van der Waals surface area contributed by atoms with Crippen LogP contribution in [0, 0.1) is 6.92 Å². The molecule has 0 atom stereocenters. The first-order chi connectivity index (χ1) is 17.8. The van der Waals surface area contributed by atoms with Crippen LogP contribution in [0.15, 0.2) is 88.9 Å². The summed E-state index contributed by atoms with van der Waals surface area (Å²) in [5.41, 5.74) is 6.13. The van der Waals surface area contributed by atoms with Crippen molar-refractivity contribution < 1.29 is 17.9 Å². The normalized spacial score (nSPS) is 14.2. The molecule has 194 valence electrons. The molecule has 1 heterocycles. The fraction of sp³-hybridized carbons (Fsp3) is 0.286. The zero-order valence-corrected chi connectivity index (χ0v) is 21.9. The van der Waals surface area contributed by atoms with E-state index in [2.05, 4.69) is 27.6 Å². The highest BCUT2D eigenvalue weighted by atomic mass is 32.2. The zero-order chi connectivity index (χ0) is 26.3. The van der Waals surface area contributed by atoms with Crippen LogP contribution in [0.25, 0.3) is 0 Å². The quantitative estimate of drug-likeness (QED) is 0.431. The number of nitrogens with zero attached hydrogens (tertiary/aromatic N) is 3. The van der Waals surface area contributed by atoms with E-state index in [1.54, 1.807) is 24.3 Å². The van der Waals surface area contributed by atoms with Gasteiger partial charge in [0, 0.05) is 38.2 Å². The van der Waals surface area contributed by atoms with Gasteiger partial charge in [-0.2, -0.15) is 5.10 Å². The van der Waals surface area contributed by atoms with Gasteiger partial charge in [-0.15, -0.1) is 0 Å². The lowest BCUT2D eigenvalue weighted by Gasteiger charge is -2.27. The molecule has 8 nitrogen and oxygen atoms in total. The van der Waals surface area contributed by atoms with Crippen molar-refractivity contribution in [1.29, 1.82) is 0 Å². The second kappa shape index (κ2) is 12.0. The molecule has 0 spiro atoms. The lowest BCUT2D eigenvalue weighted by Crippen LogP contribution is -2.40. The van der Waals surface area contributed by atoms with Gasteiger partial charge in [0.15, 0.2) is 0 Å². The van der Waals surface area contributed by atoms with E-state index in [1.807, 2.05) is 37.3 Å². The third-order valence-corrected chi connectivity index (χ3v) is 8.07. The Hall–Kier alpha value is -3.69. The number of methoxy groups -OCH3 is 1. The first kappa shape index (κ1) is 26.4. The summed E-state index contributed by atoms with van der Waals surface area (Å²) in [7, 11) is -2.49. The summed E-state index contributed by atoms with van der Waals surface area (Å²) in [4.78, 5) is 15.3.